The van der Waals surface area contributed by atoms with Gasteiger partial charge in [0.1, 0.15) is 6.10 Å². The number of aliphatic hydroxyl groups excluding tert-OH is 1. The van der Waals surface area contributed by atoms with E-state index < -0.39 is 12.1 Å². The van der Waals surface area contributed by atoms with Crippen LogP contribution in [0.2, 0.25) is 0 Å². The molecule has 0 radical (unpaired) electrons. The standard InChI is InChI=1S/C17H14N2.C3H6O3/c1-10-12-7-8-18-11(2)14(12)9-15-13-5-3-4-6-16(13)19-17(10)15;1-2(4)3(5)6/h3-9,18H,1-2H3;2,4H,1H3,(H,5,6). The van der Waals surface area contributed by atoms with Gasteiger partial charge >= 0.3 is 5.97 Å². The van der Waals surface area contributed by atoms with Gasteiger partial charge in [0.2, 0.25) is 0 Å². The van der Waals surface area contributed by atoms with Gasteiger partial charge in [-0.1, -0.05) is 18.2 Å². The van der Waals surface area contributed by atoms with Crippen LogP contribution >= 0.6 is 0 Å². The summed E-state index contributed by atoms with van der Waals surface area (Å²) in [7, 11) is 0. The maximum absolute atomic E-state index is 9.45. The lowest BCUT2D eigenvalue weighted by Gasteiger charge is -2.06. The molecule has 128 valence electrons. The molecule has 0 saturated carbocycles. The molecule has 0 amide bonds. The highest BCUT2D eigenvalue weighted by molar-refractivity contribution is 6.14. The second kappa shape index (κ2) is 6.53. The van der Waals surface area contributed by atoms with Gasteiger partial charge in [-0.15, -0.1) is 0 Å². The largest absolute Gasteiger partial charge is 0.479 e. The number of aliphatic carboxylic acids is 1. The zero-order valence-electron chi connectivity index (χ0n) is 14.4. The summed E-state index contributed by atoms with van der Waals surface area (Å²) < 4.78 is 0. The van der Waals surface area contributed by atoms with Crippen molar-refractivity contribution >= 4 is 38.5 Å². The van der Waals surface area contributed by atoms with Crippen molar-refractivity contribution in [2.75, 3.05) is 0 Å². The normalized spacial score (nSPS) is 12.2. The number of para-hydroxylation sites is 1. The zero-order chi connectivity index (χ0) is 18.1. The number of benzene rings is 2. The number of hydrogen-bond donors (Lipinski definition) is 3. The molecule has 0 aliphatic heterocycles. The Morgan fingerprint density at radius 1 is 1.08 bits per heavy atom. The van der Waals surface area contributed by atoms with E-state index in [4.69, 9.17) is 15.2 Å². The second-order valence-electron chi connectivity index (χ2n) is 6.10. The molecular formula is C20H20N2O3. The molecule has 4 rings (SSSR count). The minimum absolute atomic E-state index is 1.08. The summed E-state index contributed by atoms with van der Waals surface area (Å²) in [5, 5.41) is 20.8. The molecule has 0 saturated heterocycles. The number of carbonyl (C=O) groups is 1. The Labute approximate surface area is 144 Å². The highest BCUT2D eigenvalue weighted by Gasteiger charge is 2.11. The lowest BCUT2D eigenvalue weighted by Crippen LogP contribution is -2.13. The lowest BCUT2D eigenvalue weighted by atomic mass is 10.0. The zero-order valence-corrected chi connectivity index (χ0v) is 14.4. The van der Waals surface area contributed by atoms with Gasteiger partial charge in [-0.3, -0.25) is 0 Å². The summed E-state index contributed by atoms with van der Waals surface area (Å²) in [6.07, 6.45) is 0.768. The van der Waals surface area contributed by atoms with Gasteiger partial charge < -0.3 is 15.2 Å². The maximum atomic E-state index is 9.45. The van der Waals surface area contributed by atoms with Crippen molar-refractivity contribution in [3.8, 4) is 0 Å². The van der Waals surface area contributed by atoms with Crippen LogP contribution in [0.15, 0.2) is 42.6 Å². The molecule has 1 atom stereocenters. The van der Waals surface area contributed by atoms with Crippen LogP contribution in [0.4, 0.5) is 0 Å². The van der Waals surface area contributed by atoms with Crippen LogP contribution in [0.3, 0.4) is 0 Å². The van der Waals surface area contributed by atoms with Crippen molar-refractivity contribution in [3.05, 3.63) is 53.9 Å². The van der Waals surface area contributed by atoms with E-state index in [9.17, 15) is 4.79 Å². The molecule has 0 fully saturated rings. The third kappa shape index (κ3) is 3.06. The van der Waals surface area contributed by atoms with Crippen LogP contribution in [-0.2, 0) is 4.79 Å². The number of fused-ring (bicyclic) bond motifs is 4. The Morgan fingerprint density at radius 3 is 2.44 bits per heavy atom. The lowest BCUT2D eigenvalue weighted by molar-refractivity contribution is -0.145. The fourth-order valence-electron chi connectivity index (χ4n) is 2.94. The number of H-pyrrole nitrogens is 1. The van der Waals surface area contributed by atoms with Gasteiger partial charge in [-0.2, -0.15) is 0 Å². The molecule has 1 unspecified atom stereocenters. The molecule has 5 nitrogen and oxygen atoms in total. The Kier molecular flexibility index (Phi) is 4.42. The molecule has 5 heteroatoms. The summed E-state index contributed by atoms with van der Waals surface area (Å²) >= 11 is 0. The predicted octanol–water partition coefficient (Wildman–Crippen LogP) is 3.94. The van der Waals surface area contributed by atoms with Crippen molar-refractivity contribution in [2.24, 2.45) is 0 Å². The molecule has 2 heterocycles. The Bertz CT molecular complexity index is 1080. The van der Waals surface area contributed by atoms with Gasteiger partial charge in [0.05, 0.1) is 11.0 Å². The maximum Gasteiger partial charge on any atom is 0.332 e. The summed E-state index contributed by atoms with van der Waals surface area (Å²) in [4.78, 5) is 17.5. The first-order chi connectivity index (χ1) is 11.9. The highest BCUT2D eigenvalue weighted by atomic mass is 16.4. The molecule has 2 aromatic heterocycles. The van der Waals surface area contributed by atoms with Crippen molar-refractivity contribution in [2.45, 2.75) is 26.9 Å². The molecule has 2 aromatic carbocycles. The number of aliphatic hydroxyl groups is 1. The average Bonchev–Trinajstić information content (AvgIpc) is 2.96. The number of rotatable bonds is 1. The van der Waals surface area contributed by atoms with E-state index in [1.807, 2.05) is 12.3 Å². The number of nitrogens with one attached hydrogen (secondary N) is 1. The number of hydrogen-bond acceptors (Lipinski definition) is 3. The molecule has 3 N–H and O–H groups in total. The first-order valence-electron chi connectivity index (χ1n) is 8.06. The van der Waals surface area contributed by atoms with Gasteiger partial charge in [0.25, 0.3) is 0 Å². The van der Waals surface area contributed by atoms with Gasteiger partial charge in [-0.25, -0.2) is 9.78 Å². The summed E-state index contributed by atoms with van der Waals surface area (Å²) in [5.41, 5.74) is 4.67. The quantitative estimate of drug-likeness (QED) is 0.491. The highest BCUT2D eigenvalue weighted by Crippen LogP contribution is 2.33. The third-order valence-electron chi connectivity index (χ3n) is 4.33. The Hall–Kier alpha value is -2.92. The van der Waals surface area contributed by atoms with E-state index in [1.165, 1.54) is 39.7 Å². The minimum atomic E-state index is -1.23. The van der Waals surface area contributed by atoms with Gasteiger partial charge in [0, 0.05) is 28.0 Å². The molecule has 25 heavy (non-hydrogen) atoms. The fourth-order valence-corrected chi connectivity index (χ4v) is 2.94. The van der Waals surface area contributed by atoms with Crippen LogP contribution < -0.4 is 0 Å². The van der Waals surface area contributed by atoms with Crippen LogP contribution in [0, 0.1) is 13.8 Å². The van der Waals surface area contributed by atoms with E-state index in [2.05, 4.69) is 49.2 Å². The Morgan fingerprint density at radius 2 is 1.76 bits per heavy atom. The number of carboxylic acids is 1. The number of carboxylic acid groups (broad SMARTS) is 1. The first-order valence-corrected chi connectivity index (χ1v) is 8.06. The molecule has 4 aromatic rings. The van der Waals surface area contributed by atoms with Crippen LogP contribution in [0.1, 0.15) is 18.2 Å². The van der Waals surface area contributed by atoms with E-state index >= 15 is 0 Å². The van der Waals surface area contributed by atoms with E-state index in [-0.39, 0.29) is 0 Å². The molecule has 0 aliphatic carbocycles. The third-order valence-corrected chi connectivity index (χ3v) is 4.33. The van der Waals surface area contributed by atoms with Crippen molar-refractivity contribution in [1.82, 2.24) is 9.97 Å². The van der Waals surface area contributed by atoms with E-state index in [0.29, 0.717) is 0 Å². The molecule has 0 aliphatic rings. The van der Waals surface area contributed by atoms with E-state index in [0.717, 1.165) is 11.0 Å². The Balaban J connectivity index is 0.000000265. The average molecular weight is 336 g/mol. The summed E-state index contributed by atoms with van der Waals surface area (Å²) in [6.45, 7) is 5.48. The minimum Gasteiger partial charge on any atom is -0.479 e. The molecule has 0 spiro atoms. The van der Waals surface area contributed by atoms with Crippen molar-refractivity contribution in [1.29, 1.82) is 0 Å². The number of aromatic amines is 1. The van der Waals surface area contributed by atoms with Gasteiger partial charge in [0.15, 0.2) is 0 Å². The predicted molar refractivity (Wildman–Crippen MR) is 99.9 cm³/mol. The van der Waals surface area contributed by atoms with Crippen LogP contribution in [0.5, 0.6) is 0 Å². The fraction of sp³-hybridized carbons (Fsp3) is 0.200. The summed E-state index contributed by atoms with van der Waals surface area (Å²) in [5.74, 6) is -1.19. The van der Waals surface area contributed by atoms with Crippen LogP contribution in [0.25, 0.3) is 32.6 Å². The van der Waals surface area contributed by atoms with Crippen molar-refractivity contribution in [3.63, 3.8) is 0 Å². The van der Waals surface area contributed by atoms with Gasteiger partial charge in [-0.05, 0) is 49.9 Å². The number of nitrogens with zero attached hydrogens (tertiary/aromatic N) is 1. The molecular weight excluding hydrogens is 316 g/mol. The number of aryl methyl sites for hydroxylation is 2. The van der Waals surface area contributed by atoms with Crippen LogP contribution in [-0.4, -0.2) is 32.3 Å². The summed E-state index contributed by atoms with van der Waals surface area (Å²) in [6, 6.07) is 12.8. The van der Waals surface area contributed by atoms with E-state index in [1.54, 1.807) is 0 Å². The first kappa shape index (κ1) is 16.9. The second-order valence-corrected chi connectivity index (χ2v) is 6.10. The smallest absolute Gasteiger partial charge is 0.332 e. The van der Waals surface area contributed by atoms with Crippen molar-refractivity contribution < 1.29 is 15.0 Å². The SMILES string of the molecule is CC(O)C(=O)O.Cc1[nH]ccc2c(C)c3nc4ccccc4c3cc12. The molecule has 0 bridgehead atoms. The number of aromatic nitrogens is 2. The topological polar surface area (TPSA) is 86.2 Å². The monoisotopic (exact) mass is 336 g/mol. The number of pyridine rings is 1.